The number of hydrogen-bond acceptors (Lipinski definition) is 5. The predicted molar refractivity (Wildman–Crippen MR) is 149 cm³/mol. The van der Waals surface area contributed by atoms with Gasteiger partial charge in [-0.25, -0.2) is 0 Å². The van der Waals surface area contributed by atoms with Gasteiger partial charge in [-0.15, -0.1) is 0 Å². The van der Waals surface area contributed by atoms with Gasteiger partial charge in [0.05, 0.1) is 0 Å². The fraction of sp³-hybridized carbons (Fsp3) is 0.567. The molecule has 0 bridgehead atoms. The summed E-state index contributed by atoms with van der Waals surface area (Å²) in [6, 6.07) is 9.94. The number of aromatic nitrogens is 1. The summed E-state index contributed by atoms with van der Waals surface area (Å²) in [5, 5.41) is 3.12. The number of likely N-dealkylation sites (tertiary alicyclic amines) is 1. The van der Waals surface area contributed by atoms with E-state index in [2.05, 4.69) is 26.2 Å². The molecule has 0 spiro atoms. The molecule has 1 N–H and O–H groups in total. The van der Waals surface area contributed by atoms with Crippen LogP contribution in [0.3, 0.4) is 0 Å². The lowest BCUT2D eigenvalue weighted by Crippen LogP contribution is -2.37. The van der Waals surface area contributed by atoms with E-state index in [1.807, 2.05) is 35.4 Å². The van der Waals surface area contributed by atoms with Crippen LogP contribution in [0.1, 0.15) is 79.8 Å². The van der Waals surface area contributed by atoms with E-state index >= 15 is 0 Å². The Bertz CT molecular complexity index is 1010. The monoisotopic (exact) mass is 505 g/mol. The lowest BCUT2D eigenvalue weighted by molar-refractivity contribution is -0.116. The second-order valence-corrected chi connectivity index (χ2v) is 10.5. The maximum atomic E-state index is 13.1. The number of rotatable bonds is 6. The van der Waals surface area contributed by atoms with Crippen LogP contribution in [0.25, 0.3) is 0 Å². The number of nitrogens with zero attached hydrogens (tertiary/aromatic N) is 4. The van der Waals surface area contributed by atoms with Crippen molar-refractivity contribution in [2.24, 2.45) is 0 Å². The topological polar surface area (TPSA) is 68.8 Å². The molecule has 1 fully saturated rings. The van der Waals surface area contributed by atoms with Crippen LogP contribution in [0.15, 0.2) is 42.7 Å². The zero-order valence-corrected chi connectivity index (χ0v) is 22.5. The van der Waals surface area contributed by atoms with Crippen LogP contribution in [0.2, 0.25) is 0 Å². The SMILES string of the molecule is CC(=O)N1CCCCCCCN(Cc2cccnc2)Cc2cc(C(=O)NCCN3CCCCC3)ccc21. The van der Waals surface area contributed by atoms with Gasteiger partial charge in [-0.1, -0.05) is 31.7 Å². The molecule has 1 aromatic carbocycles. The third-order valence-corrected chi connectivity index (χ3v) is 7.55. The molecule has 2 amide bonds. The van der Waals surface area contributed by atoms with Gasteiger partial charge in [-0.05, 0) is 80.7 Å². The largest absolute Gasteiger partial charge is 0.351 e. The van der Waals surface area contributed by atoms with E-state index in [0.29, 0.717) is 25.2 Å². The van der Waals surface area contributed by atoms with E-state index in [1.165, 1.54) is 37.7 Å². The number of nitrogens with one attached hydrogen (secondary N) is 1. The van der Waals surface area contributed by atoms with E-state index in [0.717, 1.165) is 63.2 Å². The molecule has 2 aliphatic rings. The average Bonchev–Trinajstić information content (AvgIpc) is 2.90. The van der Waals surface area contributed by atoms with Crippen molar-refractivity contribution in [3.63, 3.8) is 0 Å². The minimum Gasteiger partial charge on any atom is -0.351 e. The fourth-order valence-corrected chi connectivity index (χ4v) is 5.52. The van der Waals surface area contributed by atoms with Crippen LogP contribution in [0, 0.1) is 0 Å². The molecule has 1 saturated heterocycles. The minimum absolute atomic E-state index is 0.0425. The van der Waals surface area contributed by atoms with Crippen LogP contribution >= 0.6 is 0 Å². The number of carbonyl (C=O) groups excluding carboxylic acids is 2. The Balaban J connectivity index is 1.54. The summed E-state index contributed by atoms with van der Waals surface area (Å²) in [5.41, 5.74) is 3.79. The average molecular weight is 506 g/mol. The van der Waals surface area contributed by atoms with E-state index in [4.69, 9.17) is 0 Å². The molecule has 0 unspecified atom stereocenters. The van der Waals surface area contributed by atoms with Crippen molar-refractivity contribution in [2.45, 2.75) is 71.4 Å². The molecule has 7 nitrogen and oxygen atoms in total. The number of hydrogen-bond donors (Lipinski definition) is 1. The van der Waals surface area contributed by atoms with E-state index in [9.17, 15) is 9.59 Å². The van der Waals surface area contributed by atoms with Gasteiger partial charge >= 0.3 is 0 Å². The van der Waals surface area contributed by atoms with Gasteiger partial charge in [0.1, 0.15) is 0 Å². The van der Waals surface area contributed by atoms with Gasteiger partial charge in [0, 0.05) is 63.3 Å². The van der Waals surface area contributed by atoms with Crippen molar-refractivity contribution in [3.05, 3.63) is 59.4 Å². The Labute approximate surface area is 222 Å². The highest BCUT2D eigenvalue weighted by molar-refractivity contribution is 5.97. The molecular formula is C30H43N5O2. The number of piperidine rings is 1. The summed E-state index contributed by atoms with van der Waals surface area (Å²) in [5.74, 6) is 0.00922. The number of anilines is 1. The van der Waals surface area contributed by atoms with Crippen LogP contribution in [0.5, 0.6) is 0 Å². The molecule has 0 aliphatic carbocycles. The lowest BCUT2D eigenvalue weighted by Gasteiger charge is -2.29. The van der Waals surface area contributed by atoms with Gasteiger partial charge in [0.25, 0.3) is 5.91 Å². The molecule has 2 aromatic rings. The van der Waals surface area contributed by atoms with Gasteiger partial charge < -0.3 is 15.1 Å². The Morgan fingerprint density at radius 3 is 2.32 bits per heavy atom. The van der Waals surface area contributed by atoms with Gasteiger partial charge in [-0.2, -0.15) is 0 Å². The summed E-state index contributed by atoms with van der Waals surface area (Å²) >= 11 is 0. The van der Waals surface area contributed by atoms with Gasteiger partial charge in [-0.3, -0.25) is 19.5 Å². The molecule has 7 heteroatoms. The first-order valence-electron chi connectivity index (χ1n) is 14.1. The number of pyridine rings is 1. The highest BCUT2D eigenvalue weighted by Crippen LogP contribution is 2.26. The quantitative estimate of drug-likeness (QED) is 0.621. The van der Waals surface area contributed by atoms with E-state index in [1.54, 1.807) is 13.1 Å². The Morgan fingerprint density at radius 2 is 1.59 bits per heavy atom. The zero-order valence-electron chi connectivity index (χ0n) is 22.5. The van der Waals surface area contributed by atoms with Crippen molar-refractivity contribution in [2.75, 3.05) is 44.2 Å². The molecule has 0 atom stereocenters. The van der Waals surface area contributed by atoms with Crippen molar-refractivity contribution in [1.82, 2.24) is 20.1 Å². The number of amides is 2. The molecule has 4 rings (SSSR count). The zero-order chi connectivity index (χ0) is 25.9. The first-order valence-corrected chi connectivity index (χ1v) is 14.1. The number of benzene rings is 1. The van der Waals surface area contributed by atoms with Crippen LogP contribution in [-0.2, 0) is 17.9 Å². The number of carbonyl (C=O) groups is 2. The highest BCUT2D eigenvalue weighted by atomic mass is 16.2. The van der Waals surface area contributed by atoms with Gasteiger partial charge in [0.2, 0.25) is 5.91 Å². The summed E-state index contributed by atoms with van der Waals surface area (Å²) in [6.07, 6.45) is 13.2. The maximum Gasteiger partial charge on any atom is 0.251 e. The maximum absolute atomic E-state index is 13.1. The third kappa shape index (κ3) is 8.37. The predicted octanol–water partition coefficient (Wildman–Crippen LogP) is 4.62. The van der Waals surface area contributed by atoms with Gasteiger partial charge in [0.15, 0.2) is 0 Å². The minimum atomic E-state index is -0.0425. The van der Waals surface area contributed by atoms with Crippen LogP contribution in [-0.4, -0.2) is 65.9 Å². The van der Waals surface area contributed by atoms with Crippen molar-refractivity contribution < 1.29 is 9.59 Å². The summed E-state index contributed by atoms with van der Waals surface area (Å²) in [7, 11) is 0. The molecule has 200 valence electrons. The van der Waals surface area contributed by atoms with Crippen LogP contribution < -0.4 is 10.2 Å². The molecule has 3 heterocycles. The molecule has 0 saturated carbocycles. The van der Waals surface area contributed by atoms with Crippen molar-refractivity contribution in [3.8, 4) is 0 Å². The summed E-state index contributed by atoms with van der Waals surface area (Å²) in [4.78, 5) is 36.8. The second kappa shape index (κ2) is 14.2. The second-order valence-electron chi connectivity index (χ2n) is 10.5. The Hall–Kier alpha value is -2.77. The Morgan fingerprint density at radius 1 is 0.892 bits per heavy atom. The van der Waals surface area contributed by atoms with E-state index < -0.39 is 0 Å². The molecule has 2 aliphatic heterocycles. The highest BCUT2D eigenvalue weighted by Gasteiger charge is 2.20. The van der Waals surface area contributed by atoms with E-state index in [-0.39, 0.29) is 11.8 Å². The first-order chi connectivity index (χ1) is 18.1. The molecule has 0 radical (unpaired) electrons. The third-order valence-electron chi connectivity index (χ3n) is 7.55. The van der Waals surface area contributed by atoms with Crippen molar-refractivity contribution >= 4 is 17.5 Å². The smallest absolute Gasteiger partial charge is 0.251 e. The summed E-state index contributed by atoms with van der Waals surface area (Å²) < 4.78 is 0. The van der Waals surface area contributed by atoms with Crippen molar-refractivity contribution in [1.29, 1.82) is 0 Å². The Kier molecular flexibility index (Phi) is 10.5. The summed E-state index contributed by atoms with van der Waals surface area (Å²) in [6.45, 7) is 8.61. The van der Waals surface area contributed by atoms with Crippen LogP contribution in [0.4, 0.5) is 5.69 Å². The molecular weight excluding hydrogens is 462 g/mol. The molecule has 37 heavy (non-hydrogen) atoms. The fourth-order valence-electron chi connectivity index (χ4n) is 5.52. The first kappa shape index (κ1) is 27.3. The standard InChI is InChI=1S/C30H43N5O2/c1-25(36)35-19-9-4-2-3-6-18-34(23-26-11-10-14-31-22-26)24-28-21-27(12-13-29(28)35)30(37)32-15-20-33-16-7-5-8-17-33/h10-14,21-22H,2-9,15-20,23-24H2,1H3,(H,32,37). The normalized spacial score (nSPS) is 18.4. The molecule has 1 aromatic heterocycles. The number of fused-ring (bicyclic) bond motifs is 1. The lowest BCUT2D eigenvalue weighted by atomic mass is 10.0.